The molecule has 146 valence electrons. The smallest absolute Gasteiger partial charge is 0.328 e. The molecule has 0 aliphatic heterocycles. The highest BCUT2D eigenvalue weighted by Gasteiger charge is 2.23. The van der Waals surface area contributed by atoms with Crippen LogP contribution in [0.15, 0.2) is 77.4 Å². The van der Waals surface area contributed by atoms with Crippen LogP contribution in [0.25, 0.3) is 21.7 Å². The van der Waals surface area contributed by atoms with Gasteiger partial charge in [0.05, 0.1) is 19.8 Å². The molecule has 0 aliphatic carbocycles. The van der Waals surface area contributed by atoms with Gasteiger partial charge in [0, 0.05) is 17.4 Å². The van der Waals surface area contributed by atoms with Crippen LogP contribution in [0.4, 0.5) is 0 Å². The Morgan fingerprint density at radius 3 is 2.55 bits per heavy atom. The molecule has 0 radical (unpaired) electrons. The molecule has 1 aromatic heterocycles. The van der Waals surface area contributed by atoms with Crippen molar-refractivity contribution >= 4 is 33.6 Å². The van der Waals surface area contributed by atoms with Crippen molar-refractivity contribution in [3.63, 3.8) is 0 Å². The van der Waals surface area contributed by atoms with Gasteiger partial charge in [0.15, 0.2) is 0 Å². The second kappa shape index (κ2) is 8.19. The molecule has 4 aromatic rings. The summed E-state index contributed by atoms with van der Waals surface area (Å²) in [5.74, 6) is -0.725. The van der Waals surface area contributed by atoms with Gasteiger partial charge >= 0.3 is 5.97 Å². The van der Waals surface area contributed by atoms with Crippen LogP contribution in [0.5, 0.6) is 0 Å². The predicted molar refractivity (Wildman–Crippen MR) is 112 cm³/mol. The summed E-state index contributed by atoms with van der Waals surface area (Å²) in [6.07, 6.45) is 2.10. The average molecular weight is 387 g/mol. The third kappa shape index (κ3) is 3.99. The second-order valence-electron chi connectivity index (χ2n) is 6.93. The maximum absolute atomic E-state index is 12.8. The van der Waals surface area contributed by atoms with E-state index in [2.05, 4.69) is 5.32 Å². The average Bonchev–Trinajstić information content (AvgIpc) is 3.16. The largest absolute Gasteiger partial charge is 0.467 e. The van der Waals surface area contributed by atoms with Gasteiger partial charge in [0.25, 0.3) is 0 Å². The van der Waals surface area contributed by atoms with E-state index >= 15 is 0 Å². The van der Waals surface area contributed by atoms with Crippen molar-refractivity contribution in [1.82, 2.24) is 5.32 Å². The van der Waals surface area contributed by atoms with E-state index < -0.39 is 12.0 Å². The van der Waals surface area contributed by atoms with Crippen molar-refractivity contribution in [2.24, 2.45) is 0 Å². The van der Waals surface area contributed by atoms with Crippen molar-refractivity contribution in [3.05, 3.63) is 84.1 Å². The number of amides is 1. The fourth-order valence-electron chi connectivity index (χ4n) is 3.61. The molecule has 5 heteroatoms. The van der Waals surface area contributed by atoms with Crippen LogP contribution >= 0.6 is 0 Å². The van der Waals surface area contributed by atoms with E-state index in [0.717, 1.165) is 32.9 Å². The fraction of sp³-hybridized carbons (Fsp3) is 0.167. The Hall–Kier alpha value is -3.60. The number of hydrogen-bond acceptors (Lipinski definition) is 4. The van der Waals surface area contributed by atoms with Crippen LogP contribution < -0.4 is 5.32 Å². The lowest BCUT2D eigenvalue weighted by Crippen LogP contribution is -2.43. The van der Waals surface area contributed by atoms with E-state index in [1.54, 1.807) is 6.26 Å². The number of esters is 1. The summed E-state index contributed by atoms with van der Waals surface area (Å²) in [5, 5.41) is 5.86. The monoisotopic (exact) mass is 387 g/mol. The van der Waals surface area contributed by atoms with Crippen LogP contribution in [0.3, 0.4) is 0 Å². The summed E-state index contributed by atoms with van der Waals surface area (Å²) < 4.78 is 10.5. The lowest BCUT2D eigenvalue weighted by molar-refractivity contribution is -0.145. The highest BCUT2D eigenvalue weighted by Crippen LogP contribution is 2.30. The number of carbonyl (C=O) groups excluding carboxylic acids is 2. The molecule has 0 saturated heterocycles. The number of benzene rings is 3. The molecular formula is C24H21NO4. The van der Waals surface area contributed by atoms with E-state index in [0.29, 0.717) is 6.42 Å². The highest BCUT2D eigenvalue weighted by atomic mass is 16.5. The van der Waals surface area contributed by atoms with Gasteiger partial charge in [-0.15, -0.1) is 0 Å². The van der Waals surface area contributed by atoms with Gasteiger partial charge in [-0.1, -0.05) is 60.7 Å². The number of furan rings is 1. The van der Waals surface area contributed by atoms with Crippen LogP contribution in [-0.2, 0) is 27.2 Å². The minimum atomic E-state index is -0.746. The quantitative estimate of drug-likeness (QED) is 0.507. The summed E-state index contributed by atoms with van der Waals surface area (Å²) in [7, 11) is 1.32. The van der Waals surface area contributed by atoms with Crippen molar-refractivity contribution in [3.8, 4) is 0 Å². The van der Waals surface area contributed by atoms with Crippen LogP contribution in [-0.4, -0.2) is 25.0 Å². The van der Waals surface area contributed by atoms with Gasteiger partial charge in [-0.25, -0.2) is 4.79 Å². The SMILES string of the molecule is COC(=O)[C@@H](Cc1ccccc1)NC(=O)Cc1coc2ccc3ccccc3c12. The maximum Gasteiger partial charge on any atom is 0.328 e. The second-order valence-corrected chi connectivity index (χ2v) is 6.93. The Kier molecular flexibility index (Phi) is 5.29. The van der Waals surface area contributed by atoms with E-state index in [1.165, 1.54) is 7.11 Å². The molecule has 0 aliphatic rings. The number of nitrogens with one attached hydrogen (secondary N) is 1. The zero-order valence-corrected chi connectivity index (χ0v) is 16.1. The van der Waals surface area contributed by atoms with Crippen molar-refractivity contribution in [2.75, 3.05) is 7.11 Å². The van der Waals surface area contributed by atoms with Gasteiger partial charge in [0.1, 0.15) is 11.6 Å². The zero-order chi connectivity index (χ0) is 20.2. The fourth-order valence-corrected chi connectivity index (χ4v) is 3.61. The van der Waals surface area contributed by atoms with Gasteiger partial charge < -0.3 is 14.5 Å². The maximum atomic E-state index is 12.8. The molecule has 1 atom stereocenters. The Labute approximate surface area is 168 Å². The molecular weight excluding hydrogens is 366 g/mol. The minimum absolute atomic E-state index is 0.114. The summed E-state index contributed by atoms with van der Waals surface area (Å²) in [6.45, 7) is 0. The molecule has 0 saturated carbocycles. The predicted octanol–water partition coefficient (Wildman–Crippen LogP) is 4.03. The molecule has 0 spiro atoms. The minimum Gasteiger partial charge on any atom is -0.467 e. The van der Waals surface area contributed by atoms with Crippen molar-refractivity contribution in [2.45, 2.75) is 18.9 Å². The summed E-state index contributed by atoms with van der Waals surface area (Å²) >= 11 is 0. The van der Waals surface area contributed by atoms with Gasteiger partial charge in [-0.05, 0) is 22.4 Å². The number of carbonyl (C=O) groups is 2. The summed E-state index contributed by atoms with van der Waals surface area (Å²) in [4.78, 5) is 24.9. The Balaban J connectivity index is 1.56. The van der Waals surface area contributed by atoms with Crippen LogP contribution in [0.1, 0.15) is 11.1 Å². The molecule has 1 heterocycles. The van der Waals surface area contributed by atoms with Gasteiger partial charge in [0.2, 0.25) is 5.91 Å². The summed E-state index contributed by atoms with van der Waals surface area (Å²) in [6, 6.07) is 20.7. The highest BCUT2D eigenvalue weighted by molar-refractivity contribution is 6.08. The van der Waals surface area contributed by atoms with Crippen LogP contribution in [0.2, 0.25) is 0 Å². The molecule has 4 rings (SSSR count). The Morgan fingerprint density at radius 2 is 1.76 bits per heavy atom. The topological polar surface area (TPSA) is 68.5 Å². The van der Waals surface area contributed by atoms with Crippen molar-refractivity contribution < 1.29 is 18.7 Å². The molecule has 3 aromatic carbocycles. The van der Waals surface area contributed by atoms with Gasteiger partial charge in [-0.2, -0.15) is 0 Å². The Morgan fingerprint density at radius 1 is 1.00 bits per heavy atom. The van der Waals surface area contributed by atoms with E-state index in [9.17, 15) is 9.59 Å². The number of methoxy groups -OCH3 is 1. The molecule has 1 amide bonds. The molecule has 0 unspecified atom stereocenters. The van der Waals surface area contributed by atoms with E-state index in [4.69, 9.17) is 9.15 Å². The number of hydrogen-bond donors (Lipinski definition) is 1. The molecule has 0 fully saturated rings. The standard InChI is InChI=1S/C24H21NO4/c1-28-24(27)20(13-16-7-3-2-4-8-16)25-22(26)14-18-15-29-21-12-11-17-9-5-6-10-19(17)23(18)21/h2-12,15,20H,13-14H2,1H3,(H,25,26)/t20-/m1/s1. The van der Waals surface area contributed by atoms with Crippen molar-refractivity contribution in [1.29, 1.82) is 0 Å². The normalized spacial score (nSPS) is 12.0. The first-order chi connectivity index (χ1) is 14.2. The van der Waals surface area contributed by atoms with Crippen LogP contribution in [0, 0.1) is 0 Å². The molecule has 1 N–H and O–H groups in total. The molecule has 0 bridgehead atoms. The third-order valence-corrected chi connectivity index (χ3v) is 4.99. The number of rotatable bonds is 6. The third-order valence-electron chi connectivity index (χ3n) is 4.99. The van der Waals surface area contributed by atoms with E-state index in [1.807, 2.05) is 66.7 Å². The first-order valence-electron chi connectivity index (χ1n) is 9.44. The lowest BCUT2D eigenvalue weighted by atomic mass is 10.0. The molecule has 29 heavy (non-hydrogen) atoms. The zero-order valence-electron chi connectivity index (χ0n) is 16.1. The first-order valence-corrected chi connectivity index (χ1v) is 9.44. The Bertz CT molecular complexity index is 1160. The van der Waals surface area contributed by atoms with Gasteiger partial charge in [-0.3, -0.25) is 4.79 Å². The number of fused-ring (bicyclic) bond motifs is 3. The first kappa shape index (κ1) is 18.7. The molecule has 5 nitrogen and oxygen atoms in total. The lowest BCUT2D eigenvalue weighted by Gasteiger charge is -2.16. The van der Waals surface area contributed by atoms with E-state index in [-0.39, 0.29) is 12.3 Å². The number of ether oxygens (including phenoxy) is 1. The summed E-state index contributed by atoms with van der Waals surface area (Å²) in [5.41, 5.74) is 2.47.